The van der Waals surface area contributed by atoms with Crippen molar-refractivity contribution in [1.29, 1.82) is 0 Å². The molecule has 3 aromatic rings. The summed E-state index contributed by atoms with van der Waals surface area (Å²) >= 11 is 5.99. The number of carboxylic acids is 1. The van der Waals surface area contributed by atoms with Gasteiger partial charge in [0.05, 0.1) is 12.3 Å². The molecular formula is C23H24ClN3O4. The summed E-state index contributed by atoms with van der Waals surface area (Å²) in [5.74, 6) is 0.135. The summed E-state index contributed by atoms with van der Waals surface area (Å²) in [6.07, 6.45) is 1.74. The Labute approximate surface area is 186 Å². The number of carboxylic acid groups (broad SMARTS) is 1. The Morgan fingerprint density at radius 1 is 1.16 bits per heavy atom. The fourth-order valence-corrected chi connectivity index (χ4v) is 3.19. The van der Waals surface area contributed by atoms with Gasteiger partial charge in [0.2, 0.25) is 5.95 Å². The zero-order valence-corrected chi connectivity index (χ0v) is 18.2. The highest BCUT2D eigenvalue weighted by atomic mass is 35.5. The number of aryl methyl sites for hydroxylation is 1. The number of anilines is 1. The molecule has 2 aromatic carbocycles. The highest BCUT2D eigenvalue weighted by molar-refractivity contribution is 6.30. The second-order valence-electron chi connectivity index (χ2n) is 6.95. The van der Waals surface area contributed by atoms with Crippen molar-refractivity contribution in [3.05, 3.63) is 70.9 Å². The van der Waals surface area contributed by atoms with Gasteiger partial charge in [0, 0.05) is 37.0 Å². The summed E-state index contributed by atoms with van der Waals surface area (Å²) in [5.41, 5.74) is 3.64. The van der Waals surface area contributed by atoms with Crippen LogP contribution in [0.3, 0.4) is 0 Å². The van der Waals surface area contributed by atoms with E-state index in [1.54, 1.807) is 19.4 Å². The average molecular weight is 442 g/mol. The van der Waals surface area contributed by atoms with E-state index in [9.17, 15) is 4.79 Å². The molecule has 162 valence electrons. The van der Waals surface area contributed by atoms with Gasteiger partial charge in [-0.05, 0) is 42.3 Å². The van der Waals surface area contributed by atoms with E-state index < -0.39 is 5.97 Å². The normalized spacial score (nSPS) is 10.7. The number of nitrogens with zero attached hydrogens (tertiary/aromatic N) is 3. The van der Waals surface area contributed by atoms with Crippen LogP contribution >= 0.6 is 11.6 Å². The largest absolute Gasteiger partial charge is 0.482 e. The minimum atomic E-state index is -1.01. The maximum Gasteiger partial charge on any atom is 0.341 e. The number of aromatic nitrogens is 2. The Morgan fingerprint density at radius 2 is 1.94 bits per heavy atom. The Morgan fingerprint density at radius 3 is 2.61 bits per heavy atom. The summed E-state index contributed by atoms with van der Waals surface area (Å²) in [4.78, 5) is 22.0. The predicted molar refractivity (Wildman–Crippen MR) is 120 cm³/mol. The van der Waals surface area contributed by atoms with Gasteiger partial charge in [0.25, 0.3) is 0 Å². The maximum atomic E-state index is 10.7. The van der Waals surface area contributed by atoms with Crippen LogP contribution in [0, 0.1) is 6.92 Å². The van der Waals surface area contributed by atoms with Gasteiger partial charge in [0.1, 0.15) is 5.75 Å². The van der Waals surface area contributed by atoms with Crippen molar-refractivity contribution in [3.8, 4) is 17.0 Å². The van der Waals surface area contributed by atoms with Crippen LogP contribution in [0.25, 0.3) is 11.3 Å². The number of aliphatic carboxylic acids is 1. The summed E-state index contributed by atoms with van der Waals surface area (Å²) in [6, 6.07) is 15.0. The molecule has 0 aliphatic carbocycles. The molecule has 1 heterocycles. The number of benzene rings is 2. The summed E-state index contributed by atoms with van der Waals surface area (Å²) in [5, 5.41) is 9.47. The first kappa shape index (κ1) is 22.5. The highest BCUT2D eigenvalue weighted by Crippen LogP contribution is 2.24. The minimum absolute atomic E-state index is 0.370. The van der Waals surface area contributed by atoms with Crippen molar-refractivity contribution in [2.24, 2.45) is 0 Å². The third kappa shape index (κ3) is 6.41. The molecule has 1 aromatic heterocycles. The number of hydrogen-bond acceptors (Lipinski definition) is 6. The third-order valence-electron chi connectivity index (χ3n) is 4.59. The van der Waals surface area contributed by atoms with E-state index in [1.807, 2.05) is 54.3 Å². The fourth-order valence-electron chi connectivity index (χ4n) is 3.07. The topological polar surface area (TPSA) is 84.8 Å². The van der Waals surface area contributed by atoms with Crippen LogP contribution < -0.4 is 9.64 Å². The maximum absolute atomic E-state index is 10.7. The van der Waals surface area contributed by atoms with Gasteiger partial charge in [-0.25, -0.2) is 14.8 Å². The minimum Gasteiger partial charge on any atom is -0.482 e. The lowest BCUT2D eigenvalue weighted by Gasteiger charge is -2.23. The van der Waals surface area contributed by atoms with Crippen molar-refractivity contribution in [2.75, 3.05) is 31.8 Å². The SMILES string of the molecule is COCCN(Cc1ccc(OCC(=O)O)c(C)c1)c1nccc(-c2ccc(Cl)cc2)n1. The molecule has 0 bridgehead atoms. The first-order chi connectivity index (χ1) is 15.0. The van der Waals surface area contributed by atoms with Crippen LogP contribution in [0.2, 0.25) is 5.02 Å². The molecule has 7 nitrogen and oxygen atoms in total. The van der Waals surface area contributed by atoms with E-state index in [2.05, 4.69) is 4.98 Å². The quantitative estimate of drug-likeness (QED) is 0.504. The monoisotopic (exact) mass is 441 g/mol. The molecule has 0 saturated carbocycles. The second-order valence-corrected chi connectivity index (χ2v) is 7.38. The lowest BCUT2D eigenvalue weighted by molar-refractivity contribution is -0.139. The molecule has 0 aliphatic rings. The molecular weight excluding hydrogens is 418 g/mol. The lowest BCUT2D eigenvalue weighted by Crippen LogP contribution is -2.28. The number of rotatable bonds is 10. The van der Waals surface area contributed by atoms with E-state index >= 15 is 0 Å². The van der Waals surface area contributed by atoms with Gasteiger partial charge in [-0.1, -0.05) is 35.9 Å². The van der Waals surface area contributed by atoms with Gasteiger partial charge in [-0.15, -0.1) is 0 Å². The zero-order chi connectivity index (χ0) is 22.2. The number of halogens is 1. The average Bonchev–Trinajstić information content (AvgIpc) is 2.76. The Balaban J connectivity index is 1.82. The Bertz CT molecular complexity index is 1030. The van der Waals surface area contributed by atoms with E-state index in [4.69, 9.17) is 31.2 Å². The smallest absolute Gasteiger partial charge is 0.341 e. The molecule has 0 aliphatic heterocycles. The third-order valence-corrected chi connectivity index (χ3v) is 4.85. The molecule has 0 atom stereocenters. The van der Waals surface area contributed by atoms with Crippen LogP contribution in [-0.2, 0) is 16.1 Å². The highest BCUT2D eigenvalue weighted by Gasteiger charge is 2.13. The van der Waals surface area contributed by atoms with E-state index in [0.717, 1.165) is 22.4 Å². The lowest BCUT2D eigenvalue weighted by atomic mass is 10.1. The number of methoxy groups -OCH3 is 1. The van der Waals surface area contributed by atoms with Gasteiger partial charge in [-0.3, -0.25) is 0 Å². The van der Waals surface area contributed by atoms with Crippen LogP contribution in [0.5, 0.6) is 5.75 Å². The van der Waals surface area contributed by atoms with Crippen LogP contribution in [0.15, 0.2) is 54.7 Å². The standard InChI is InChI=1S/C23H24ClN3O4/c1-16-13-17(3-8-21(16)31-15-22(28)29)14-27(11-12-30-2)23-25-10-9-20(26-23)18-4-6-19(24)7-5-18/h3-10,13H,11-12,14-15H2,1-2H3,(H,28,29). The number of ether oxygens (including phenoxy) is 2. The van der Waals surface area contributed by atoms with Crippen LogP contribution in [0.1, 0.15) is 11.1 Å². The van der Waals surface area contributed by atoms with Crippen molar-refractivity contribution < 1.29 is 19.4 Å². The van der Waals surface area contributed by atoms with Crippen molar-refractivity contribution in [3.63, 3.8) is 0 Å². The van der Waals surface area contributed by atoms with Gasteiger partial charge < -0.3 is 19.5 Å². The fraction of sp³-hybridized carbons (Fsp3) is 0.261. The van der Waals surface area contributed by atoms with Crippen molar-refractivity contribution in [2.45, 2.75) is 13.5 Å². The van der Waals surface area contributed by atoms with Crippen LogP contribution in [-0.4, -0.2) is 47.9 Å². The Kier molecular flexibility index (Phi) is 7.81. The molecule has 0 unspecified atom stereocenters. The first-order valence-electron chi connectivity index (χ1n) is 9.73. The molecule has 31 heavy (non-hydrogen) atoms. The van der Waals surface area contributed by atoms with Crippen molar-refractivity contribution in [1.82, 2.24) is 9.97 Å². The molecule has 0 spiro atoms. The predicted octanol–water partition coefficient (Wildman–Crippen LogP) is 4.22. The molecule has 0 radical (unpaired) electrons. The van der Waals surface area contributed by atoms with Gasteiger partial charge in [0.15, 0.2) is 6.61 Å². The molecule has 8 heteroatoms. The summed E-state index contributed by atoms with van der Waals surface area (Å²) in [6.45, 7) is 3.21. The van der Waals surface area contributed by atoms with E-state index in [0.29, 0.717) is 36.4 Å². The molecule has 0 fully saturated rings. The zero-order valence-electron chi connectivity index (χ0n) is 17.4. The second kappa shape index (κ2) is 10.7. The van der Waals surface area contributed by atoms with Gasteiger partial charge in [-0.2, -0.15) is 0 Å². The van der Waals surface area contributed by atoms with Crippen molar-refractivity contribution >= 4 is 23.5 Å². The summed E-state index contributed by atoms with van der Waals surface area (Å²) < 4.78 is 10.6. The molecule has 0 amide bonds. The van der Waals surface area contributed by atoms with Gasteiger partial charge >= 0.3 is 5.97 Å². The molecule has 0 saturated heterocycles. The van der Waals surface area contributed by atoms with E-state index in [-0.39, 0.29) is 6.61 Å². The van der Waals surface area contributed by atoms with Crippen LogP contribution in [0.4, 0.5) is 5.95 Å². The first-order valence-corrected chi connectivity index (χ1v) is 10.1. The van der Waals surface area contributed by atoms with E-state index in [1.165, 1.54) is 0 Å². The summed E-state index contributed by atoms with van der Waals surface area (Å²) in [7, 11) is 1.65. The molecule has 1 N–H and O–H groups in total. The number of carbonyl (C=O) groups is 1. The molecule has 3 rings (SSSR count). The number of hydrogen-bond donors (Lipinski definition) is 1. The Hall–Kier alpha value is -3.16.